The van der Waals surface area contributed by atoms with Crippen LogP contribution < -0.4 is 5.73 Å². The van der Waals surface area contributed by atoms with Gasteiger partial charge in [-0.15, -0.1) is 11.8 Å². The molecule has 1 aromatic carbocycles. The number of aliphatic hydroxyl groups excluding tert-OH is 1. The Labute approximate surface area is 105 Å². The van der Waals surface area contributed by atoms with Crippen LogP contribution in [-0.2, 0) is 9.53 Å². The largest absolute Gasteiger partial charge is 0.465 e. The number of hydrogen-bond acceptors (Lipinski definition) is 5. The van der Waals surface area contributed by atoms with E-state index in [0.717, 1.165) is 4.90 Å². The zero-order valence-electron chi connectivity index (χ0n) is 9.92. The van der Waals surface area contributed by atoms with E-state index in [4.69, 9.17) is 10.5 Å². The van der Waals surface area contributed by atoms with Crippen molar-refractivity contribution in [3.8, 4) is 0 Å². The van der Waals surface area contributed by atoms with Crippen LogP contribution >= 0.6 is 11.8 Å². The SMILES string of the molecule is CCOC(=O)[C@@H](N)C(O)c1ccc(SC)cc1. The fraction of sp³-hybridized carbons (Fsp3) is 0.417. The quantitative estimate of drug-likeness (QED) is 0.613. The zero-order chi connectivity index (χ0) is 12.8. The molecular weight excluding hydrogens is 238 g/mol. The molecule has 4 nitrogen and oxygen atoms in total. The topological polar surface area (TPSA) is 72.5 Å². The second-order valence-electron chi connectivity index (χ2n) is 3.50. The lowest BCUT2D eigenvalue weighted by Crippen LogP contribution is -2.38. The minimum atomic E-state index is -1.05. The second kappa shape index (κ2) is 6.64. The molecule has 0 heterocycles. The molecule has 2 atom stereocenters. The maximum Gasteiger partial charge on any atom is 0.325 e. The number of thioether (sulfide) groups is 1. The van der Waals surface area contributed by atoms with Gasteiger partial charge in [0.25, 0.3) is 0 Å². The third-order valence-electron chi connectivity index (χ3n) is 2.36. The molecule has 1 rings (SSSR count). The first-order chi connectivity index (χ1) is 8.10. The molecule has 17 heavy (non-hydrogen) atoms. The zero-order valence-corrected chi connectivity index (χ0v) is 10.7. The highest BCUT2D eigenvalue weighted by Gasteiger charge is 2.25. The van der Waals surface area contributed by atoms with Gasteiger partial charge in [-0.05, 0) is 30.9 Å². The van der Waals surface area contributed by atoms with E-state index in [1.807, 2.05) is 18.4 Å². The lowest BCUT2D eigenvalue weighted by atomic mass is 10.0. The van der Waals surface area contributed by atoms with Gasteiger partial charge in [0.2, 0.25) is 0 Å². The smallest absolute Gasteiger partial charge is 0.325 e. The maximum absolute atomic E-state index is 11.4. The summed E-state index contributed by atoms with van der Waals surface area (Å²) >= 11 is 1.61. The predicted molar refractivity (Wildman–Crippen MR) is 67.8 cm³/mol. The summed E-state index contributed by atoms with van der Waals surface area (Å²) in [5.74, 6) is -0.589. The lowest BCUT2D eigenvalue weighted by Gasteiger charge is -2.17. The van der Waals surface area contributed by atoms with E-state index in [1.54, 1.807) is 30.8 Å². The molecule has 5 heteroatoms. The number of carbonyl (C=O) groups is 1. The van der Waals surface area contributed by atoms with E-state index < -0.39 is 18.1 Å². The standard InChI is InChI=1S/C12H17NO3S/c1-3-16-12(15)10(13)11(14)8-4-6-9(17-2)7-5-8/h4-7,10-11,14H,3,13H2,1-2H3/t10-,11?/m0/s1. The first-order valence-corrected chi connectivity index (χ1v) is 6.56. The summed E-state index contributed by atoms with van der Waals surface area (Å²) in [4.78, 5) is 12.5. The van der Waals surface area contributed by atoms with Crippen molar-refractivity contribution in [2.24, 2.45) is 5.73 Å². The minimum Gasteiger partial charge on any atom is -0.465 e. The third-order valence-corrected chi connectivity index (χ3v) is 3.10. The van der Waals surface area contributed by atoms with Gasteiger partial charge in [-0.2, -0.15) is 0 Å². The van der Waals surface area contributed by atoms with Gasteiger partial charge < -0.3 is 15.6 Å². The van der Waals surface area contributed by atoms with Crippen molar-refractivity contribution in [2.75, 3.05) is 12.9 Å². The van der Waals surface area contributed by atoms with Crippen LogP contribution in [0.3, 0.4) is 0 Å². The summed E-state index contributed by atoms with van der Waals surface area (Å²) < 4.78 is 4.76. The number of benzene rings is 1. The molecule has 0 aliphatic carbocycles. The fourth-order valence-electron chi connectivity index (χ4n) is 1.38. The van der Waals surface area contributed by atoms with Gasteiger partial charge in [-0.25, -0.2) is 0 Å². The summed E-state index contributed by atoms with van der Waals surface area (Å²) in [6.45, 7) is 1.95. The minimum absolute atomic E-state index is 0.255. The summed E-state index contributed by atoms with van der Waals surface area (Å²) in [5.41, 5.74) is 6.23. The molecule has 0 saturated carbocycles. The Hall–Kier alpha value is -1.04. The highest BCUT2D eigenvalue weighted by molar-refractivity contribution is 7.98. The molecule has 0 bridgehead atoms. The molecule has 1 unspecified atom stereocenters. The molecule has 0 spiro atoms. The van der Waals surface area contributed by atoms with E-state index in [-0.39, 0.29) is 6.61 Å². The van der Waals surface area contributed by atoms with Gasteiger partial charge in [0.1, 0.15) is 12.1 Å². The number of hydrogen-bond donors (Lipinski definition) is 2. The monoisotopic (exact) mass is 255 g/mol. The van der Waals surface area contributed by atoms with Crippen molar-refractivity contribution in [3.05, 3.63) is 29.8 Å². The summed E-state index contributed by atoms with van der Waals surface area (Å²) in [6, 6.07) is 6.22. The Morgan fingerprint density at radius 1 is 1.47 bits per heavy atom. The number of ether oxygens (including phenoxy) is 1. The number of rotatable bonds is 5. The van der Waals surface area contributed by atoms with Crippen molar-refractivity contribution < 1.29 is 14.6 Å². The number of nitrogens with two attached hydrogens (primary N) is 1. The number of esters is 1. The number of aliphatic hydroxyl groups is 1. The van der Waals surface area contributed by atoms with Crippen molar-refractivity contribution in [1.82, 2.24) is 0 Å². The van der Waals surface area contributed by atoms with Crippen LogP contribution in [0.25, 0.3) is 0 Å². The fourth-order valence-corrected chi connectivity index (χ4v) is 1.78. The van der Waals surface area contributed by atoms with Crippen molar-refractivity contribution in [1.29, 1.82) is 0 Å². The maximum atomic E-state index is 11.4. The predicted octanol–water partition coefficient (Wildman–Crippen LogP) is 1.33. The van der Waals surface area contributed by atoms with Crippen molar-refractivity contribution in [3.63, 3.8) is 0 Å². The molecule has 0 saturated heterocycles. The second-order valence-corrected chi connectivity index (χ2v) is 4.38. The van der Waals surface area contributed by atoms with Crippen LogP contribution in [0.2, 0.25) is 0 Å². The Balaban J connectivity index is 2.73. The normalized spacial score (nSPS) is 14.1. The summed E-state index contributed by atoms with van der Waals surface area (Å²) in [5, 5.41) is 9.92. The molecule has 0 radical (unpaired) electrons. The molecule has 94 valence electrons. The molecule has 0 aliphatic rings. The van der Waals surface area contributed by atoms with Crippen molar-refractivity contribution in [2.45, 2.75) is 24.0 Å². The van der Waals surface area contributed by atoms with Crippen LogP contribution in [0.5, 0.6) is 0 Å². The van der Waals surface area contributed by atoms with Crippen molar-refractivity contribution >= 4 is 17.7 Å². The van der Waals surface area contributed by atoms with Crippen LogP contribution in [-0.4, -0.2) is 30.0 Å². The van der Waals surface area contributed by atoms with Gasteiger partial charge in [0, 0.05) is 4.90 Å². The van der Waals surface area contributed by atoms with Crippen LogP contribution in [0.1, 0.15) is 18.6 Å². The molecular formula is C12H17NO3S. The highest BCUT2D eigenvalue weighted by atomic mass is 32.2. The van der Waals surface area contributed by atoms with Gasteiger partial charge in [0.15, 0.2) is 0 Å². The first-order valence-electron chi connectivity index (χ1n) is 5.34. The molecule has 0 fully saturated rings. The summed E-state index contributed by atoms with van der Waals surface area (Å²) in [6.07, 6.45) is 0.931. The average molecular weight is 255 g/mol. The Kier molecular flexibility index (Phi) is 5.47. The van der Waals surface area contributed by atoms with E-state index in [1.165, 1.54) is 0 Å². The van der Waals surface area contributed by atoms with Gasteiger partial charge >= 0.3 is 5.97 Å². The Morgan fingerprint density at radius 2 is 2.06 bits per heavy atom. The van der Waals surface area contributed by atoms with Gasteiger partial charge in [-0.1, -0.05) is 12.1 Å². The molecule has 1 aromatic rings. The van der Waals surface area contributed by atoms with Gasteiger partial charge in [-0.3, -0.25) is 4.79 Å². The van der Waals surface area contributed by atoms with E-state index in [9.17, 15) is 9.90 Å². The van der Waals surface area contributed by atoms with Crippen LogP contribution in [0.15, 0.2) is 29.2 Å². The molecule has 0 amide bonds. The molecule has 3 N–H and O–H groups in total. The van der Waals surface area contributed by atoms with E-state index in [2.05, 4.69) is 0 Å². The van der Waals surface area contributed by atoms with E-state index in [0.29, 0.717) is 5.56 Å². The van der Waals surface area contributed by atoms with E-state index >= 15 is 0 Å². The van der Waals surface area contributed by atoms with Crippen LogP contribution in [0, 0.1) is 0 Å². The highest BCUT2D eigenvalue weighted by Crippen LogP contribution is 2.20. The van der Waals surface area contributed by atoms with Crippen LogP contribution in [0.4, 0.5) is 0 Å². The lowest BCUT2D eigenvalue weighted by molar-refractivity contribution is -0.147. The summed E-state index contributed by atoms with van der Waals surface area (Å²) in [7, 11) is 0. The molecule has 0 aromatic heterocycles. The Morgan fingerprint density at radius 3 is 2.53 bits per heavy atom. The third kappa shape index (κ3) is 3.73. The first kappa shape index (κ1) is 14.0. The average Bonchev–Trinajstić information content (AvgIpc) is 2.37. The van der Waals surface area contributed by atoms with Gasteiger partial charge in [0.05, 0.1) is 6.61 Å². The number of carbonyl (C=O) groups excluding carboxylic acids is 1. The Bertz CT molecular complexity index is 367. The molecule has 0 aliphatic heterocycles.